The molecule has 0 atom stereocenters. The summed E-state index contributed by atoms with van der Waals surface area (Å²) in [5, 5.41) is 6.43. The molecule has 0 saturated carbocycles. The van der Waals surface area contributed by atoms with E-state index in [0.717, 1.165) is 11.4 Å². The van der Waals surface area contributed by atoms with E-state index in [1.54, 1.807) is 0 Å². The smallest absolute Gasteiger partial charge is 0.180 e. The number of nitrogen functional groups attached to an aromatic ring is 1. The number of nitrogens with zero attached hydrogens (tertiary/aromatic N) is 1. The van der Waals surface area contributed by atoms with E-state index >= 15 is 0 Å². The number of hydrogen-bond acceptors (Lipinski definition) is 4. The SMILES string of the molecule is Nc1nc(CNc2ccccc2Cl)cs1. The van der Waals surface area contributed by atoms with Crippen LogP contribution < -0.4 is 11.1 Å². The molecule has 78 valence electrons. The van der Waals surface area contributed by atoms with E-state index in [4.69, 9.17) is 17.3 Å². The molecular weight excluding hydrogens is 230 g/mol. The molecular formula is C10H10ClN3S. The average molecular weight is 240 g/mol. The minimum atomic E-state index is 0.589. The van der Waals surface area contributed by atoms with Gasteiger partial charge in [-0.1, -0.05) is 23.7 Å². The molecule has 5 heteroatoms. The lowest BCUT2D eigenvalue weighted by molar-refractivity contribution is 1.08. The Labute approximate surface area is 96.9 Å². The Morgan fingerprint density at radius 3 is 2.87 bits per heavy atom. The summed E-state index contributed by atoms with van der Waals surface area (Å²) in [6.07, 6.45) is 0. The van der Waals surface area contributed by atoms with Gasteiger partial charge in [-0.25, -0.2) is 4.98 Å². The van der Waals surface area contributed by atoms with Gasteiger partial charge in [-0.15, -0.1) is 11.3 Å². The zero-order valence-electron chi connectivity index (χ0n) is 7.90. The number of rotatable bonds is 3. The van der Waals surface area contributed by atoms with Crippen LogP contribution in [0.4, 0.5) is 10.8 Å². The highest BCUT2D eigenvalue weighted by Crippen LogP contribution is 2.21. The first-order valence-electron chi connectivity index (χ1n) is 4.44. The van der Waals surface area contributed by atoms with Gasteiger partial charge in [0.15, 0.2) is 5.13 Å². The molecule has 0 aliphatic rings. The third-order valence-corrected chi connectivity index (χ3v) is 2.96. The van der Waals surface area contributed by atoms with Crippen molar-refractivity contribution in [2.75, 3.05) is 11.1 Å². The van der Waals surface area contributed by atoms with Crippen molar-refractivity contribution in [1.82, 2.24) is 4.98 Å². The summed E-state index contributed by atoms with van der Waals surface area (Å²) in [6, 6.07) is 7.61. The lowest BCUT2D eigenvalue weighted by atomic mass is 10.3. The van der Waals surface area contributed by atoms with Crippen molar-refractivity contribution in [3.63, 3.8) is 0 Å². The van der Waals surface area contributed by atoms with Gasteiger partial charge in [0.2, 0.25) is 0 Å². The maximum Gasteiger partial charge on any atom is 0.180 e. The first-order valence-corrected chi connectivity index (χ1v) is 5.70. The van der Waals surface area contributed by atoms with Crippen molar-refractivity contribution < 1.29 is 0 Å². The molecule has 0 saturated heterocycles. The van der Waals surface area contributed by atoms with Crippen LogP contribution in [0, 0.1) is 0 Å². The van der Waals surface area contributed by atoms with Gasteiger partial charge in [0.25, 0.3) is 0 Å². The maximum absolute atomic E-state index is 5.99. The second-order valence-electron chi connectivity index (χ2n) is 3.01. The molecule has 0 aliphatic carbocycles. The van der Waals surface area contributed by atoms with Gasteiger partial charge >= 0.3 is 0 Å². The first-order chi connectivity index (χ1) is 7.25. The molecule has 1 aromatic carbocycles. The summed E-state index contributed by atoms with van der Waals surface area (Å²) in [4.78, 5) is 4.15. The summed E-state index contributed by atoms with van der Waals surface area (Å²) in [5.74, 6) is 0. The van der Waals surface area contributed by atoms with E-state index in [2.05, 4.69) is 10.3 Å². The number of anilines is 2. The highest BCUT2D eigenvalue weighted by Gasteiger charge is 2.00. The molecule has 3 N–H and O–H groups in total. The van der Waals surface area contributed by atoms with Gasteiger partial charge in [0.1, 0.15) is 0 Å². The van der Waals surface area contributed by atoms with E-state index in [0.29, 0.717) is 16.7 Å². The van der Waals surface area contributed by atoms with E-state index in [1.165, 1.54) is 11.3 Å². The van der Waals surface area contributed by atoms with Crippen molar-refractivity contribution in [1.29, 1.82) is 0 Å². The van der Waals surface area contributed by atoms with Crippen LogP contribution in [-0.4, -0.2) is 4.98 Å². The molecule has 0 aliphatic heterocycles. The zero-order valence-corrected chi connectivity index (χ0v) is 9.48. The minimum Gasteiger partial charge on any atom is -0.378 e. The molecule has 2 rings (SSSR count). The number of halogens is 1. The number of hydrogen-bond donors (Lipinski definition) is 2. The first kappa shape index (κ1) is 10.3. The van der Waals surface area contributed by atoms with Gasteiger partial charge in [-0.2, -0.15) is 0 Å². The topological polar surface area (TPSA) is 50.9 Å². The van der Waals surface area contributed by atoms with Gasteiger partial charge in [-0.05, 0) is 12.1 Å². The van der Waals surface area contributed by atoms with Crippen LogP contribution in [0.3, 0.4) is 0 Å². The largest absolute Gasteiger partial charge is 0.378 e. The van der Waals surface area contributed by atoms with E-state index in [9.17, 15) is 0 Å². The van der Waals surface area contributed by atoms with Gasteiger partial charge in [0, 0.05) is 5.38 Å². The normalized spacial score (nSPS) is 10.2. The fourth-order valence-electron chi connectivity index (χ4n) is 1.19. The molecule has 1 aromatic heterocycles. The van der Waals surface area contributed by atoms with Crippen LogP contribution in [0.15, 0.2) is 29.6 Å². The second kappa shape index (κ2) is 4.51. The van der Waals surface area contributed by atoms with Gasteiger partial charge in [-0.3, -0.25) is 0 Å². The zero-order chi connectivity index (χ0) is 10.7. The Bertz CT molecular complexity index is 455. The molecule has 0 fully saturated rings. The molecule has 1 heterocycles. The monoisotopic (exact) mass is 239 g/mol. The third-order valence-electron chi connectivity index (χ3n) is 1.90. The molecule has 3 nitrogen and oxygen atoms in total. The number of thiazole rings is 1. The molecule has 15 heavy (non-hydrogen) atoms. The number of para-hydroxylation sites is 1. The van der Waals surface area contributed by atoms with Crippen molar-refractivity contribution >= 4 is 33.8 Å². The Kier molecular flexibility index (Phi) is 3.08. The predicted octanol–water partition coefficient (Wildman–Crippen LogP) is 2.99. The summed E-state index contributed by atoms with van der Waals surface area (Å²) in [6.45, 7) is 0.636. The Morgan fingerprint density at radius 1 is 1.40 bits per heavy atom. The van der Waals surface area contributed by atoms with Crippen LogP contribution in [-0.2, 0) is 6.54 Å². The molecule has 0 spiro atoms. The van der Waals surface area contributed by atoms with E-state index in [-0.39, 0.29) is 0 Å². The highest BCUT2D eigenvalue weighted by atomic mass is 35.5. The van der Waals surface area contributed by atoms with Crippen LogP contribution >= 0.6 is 22.9 Å². The molecule has 2 aromatic rings. The summed E-state index contributed by atoms with van der Waals surface area (Å²) < 4.78 is 0. The van der Waals surface area contributed by atoms with Crippen LogP contribution in [0.5, 0.6) is 0 Å². The Hall–Kier alpha value is -1.26. The fourth-order valence-corrected chi connectivity index (χ4v) is 1.96. The summed E-state index contributed by atoms with van der Waals surface area (Å²) in [5.41, 5.74) is 7.37. The average Bonchev–Trinajstić information content (AvgIpc) is 2.63. The fraction of sp³-hybridized carbons (Fsp3) is 0.100. The van der Waals surface area contributed by atoms with Crippen LogP contribution in [0.25, 0.3) is 0 Å². The quantitative estimate of drug-likeness (QED) is 0.866. The van der Waals surface area contributed by atoms with Crippen molar-refractivity contribution in [3.8, 4) is 0 Å². The van der Waals surface area contributed by atoms with E-state index in [1.807, 2.05) is 29.6 Å². The third kappa shape index (κ3) is 2.61. The Morgan fingerprint density at radius 2 is 2.20 bits per heavy atom. The standard InChI is InChI=1S/C10H10ClN3S/c11-8-3-1-2-4-9(8)13-5-7-6-15-10(12)14-7/h1-4,6,13H,5H2,(H2,12,14). The molecule has 0 unspecified atom stereocenters. The summed E-state index contributed by atoms with van der Waals surface area (Å²) >= 11 is 7.43. The molecule has 0 amide bonds. The molecule has 0 bridgehead atoms. The van der Waals surface area contributed by atoms with Crippen LogP contribution in [0.2, 0.25) is 5.02 Å². The predicted molar refractivity (Wildman–Crippen MR) is 65.3 cm³/mol. The van der Waals surface area contributed by atoms with Gasteiger partial charge < -0.3 is 11.1 Å². The van der Waals surface area contributed by atoms with E-state index < -0.39 is 0 Å². The van der Waals surface area contributed by atoms with Crippen molar-refractivity contribution in [2.45, 2.75) is 6.54 Å². The second-order valence-corrected chi connectivity index (χ2v) is 4.31. The van der Waals surface area contributed by atoms with Crippen LogP contribution in [0.1, 0.15) is 5.69 Å². The van der Waals surface area contributed by atoms with Gasteiger partial charge in [0.05, 0.1) is 22.9 Å². The lowest BCUT2D eigenvalue weighted by Gasteiger charge is -2.05. The summed E-state index contributed by atoms with van der Waals surface area (Å²) in [7, 11) is 0. The highest BCUT2D eigenvalue weighted by molar-refractivity contribution is 7.13. The van der Waals surface area contributed by atoms with Crippen molar-refractivity contribution in [2.24, 2.45) is 0 Å². The Balaban J connectivity index is 2.02. The maximum atomic E-state index is 5.99. The lowest BCUT2D eigenvalue weighted by Crippen LogP contribution is -2.00. The number of nitrogens with two attached hydrogens (primary N) is 1. The molecule has 0 radical (unpaired) electrons. The number of nitrogens with one attached hydrogen (secondary N) is 1. The minimum absolute atomic E-state index is 0.589. The van der Waals surface area contributed by atoms with Crippen molar-refractivity contribution in [3.05, 3.63) is 40.4 Å². The number of aromatic nitrogens is 1. The number of benzene rings is 1.